The average molecular weight is 379 g/mol. The number of H-pyrrole nitrogens is 1. The van der Waals surface area contributed by atoms with E-state index in [0.29, 0.717) is 12.1 Å². The van der Waals surface area contributed by atoms with E-state index >= 15 is 0 Å². The van der Waals surface area contributed by atoms with E-state index in [1.54, 1.807) is 6.08 Å². The number of nitrogens with one attached hydrogen (secondary N) is 2. The summed E-state index contributed by atoms with van der Waals surface area (Å²) in [4.78, 5) is 18.4. The number of benzene rings is 1. The topological polar surface area (TPSA) is 74.2 Å². The number of carbonyl (C=O) groups excluding carboxylic acids is 1. The molecule has 148 valence electrons. The van der Waals surface area contributed by atoms with Gasteiger partial charge in [0.05, 0.1) is 0 Å². The van der Waals surface area contributed by atoms with Crippen LogP contribution in [0.2, 0.25) is 0 Å². The number of aromatic nitrogens is 1. The van der Waals surface area contributed by atoms with E-state index in [9.17, 15) is 4.79 Å². The molecule has 1 amide bonds. The van der Waals surface area contributed by atoms with Crippen molar-refractivity contribution in [2.75, 3.05) is 19.6 Å². The molecule has 0 aliphatic carbocycles. The molecule has 1 aromatic carbocycles. The van der Waals surface area contributed by atoms with Gasteiger partial charge in [-0.15, -0.1) is 0 Å². The quantitative estimate of drug-likeness (QED) is 0.641. The number of carbonyl (C=O) groups is 1. The van der Waals surface area contributed by atoms with Crippen LogP contribution >= 0.6 is 0 Å². The summed E-state index contributed by atoms with van der Waals surface area (Å²) < 4.78 is 0. The Morgan fingerprint density at radius 3 is 2.86 bits per heavy atom. The van der Waals surface area contributed by atoms with Gasteiger partial charge in [0.1, 0.15) is 0 Å². The van der Waals surface area contributed by atoms with Crippen LogP contribution in [0.15, 0.2) is 60.5 Å². The second-order valence-corrected chi connectivity index (χ2v) is 7.43. The molecule has 5 nitrogen and oxygen atoms in total. The van der Waals surface area contributed by atoms with E-state index in [2.05, 4.69) is 28.0 Å². The lowest BCUT2D eigenvalue weighted by Gasteiger charge is -2.26. The summed E-state index contributed by atoms with van der Waals surface area (Å²) >= 11 is 0. The third-order valence-corrected chi connectivity index (χ3v) is 5.35. The molecular formula is C23H30N4O. The zero-order valence-corrected chi connectivity index (χ0v) is 16.6. The zero-order valence-electron chi connectivity index (χ0n) is 16.6. The Morgan fingerprint density at radius 1 is 1.32 bits per heavy atom. The minimum atomic E-state index is -0.0996. The summed E-state index contributed by atoms with van der Waals surface area (Å²) in [6.45, 7) is 9.68. The van der Waals surface area contributed by atoms with Gasteiger partial charge < -0.3 is 16.0 Å². The van der Waals surface area contributed by atoms with Gasteiger partial charge in [-0.05, 0) is 74.0 Å². The summed E-state index contributed by atoms with van der Waals surface area (Å²) in [5.41, 5.74) is 10.1. The summed E-state index contributed by atoms with van der Waals surface area (Å²) in [5, 5.41) is 4.13. The van der Waals surface area contributed by atoms with Gasteiger partial charge in [-0.2, -0.15) is 0 Å². The van der Waals surface area contributed by atoms with Gasteiger partial charge in [0.15, 0.2) is 0 Å². The highest BCUT2D eigenvalue weighted by Gasteiger charge is 2.14. The van der Waals surface area contributed by atoms with Crippen LogP contribution in [0.1, 0.15) is 42.1 Å². The third-order valence-electron chi connectivity index (χ3n) is 5.35. The Labute approximate surface area is 167 Å². The van der Waals surface area contributed by atoms with E-state index in [4.69, 9.17) is 5.73 Å². The molecule has 0 unspecified atom stereocenters. The number of rotatable bonds is 7. The monoisotopic (exact) mass is 378 g/mol. The van der Waals surface area contributed by atoms with Crippen LogP contribution in [-0.2, 0) is 6.54 Å². The van der Waals surface area contributed by atoms with Crippen molar-refractivity contribution in [1.29, 1.82) is 0 Å². The fraction of sp³-hybridized carbons (Fsp3) is 0.348. The SMILES string of the molecule is C=C(CNC(=O)c1ccc2c(CN3CCCCC3)c[nH]c2c1)/C(C)=C\C=C/N. The maximum Gasteiger partial charge on any atom is 0.251 e. The van der Waals surface area contributed by atoms with E-state index in [-0.39, 0.29) is 5.91 Å². The Kier molecular flexibility index (Phi) is 6.71. The molecule has 0 spiro atoms. The maximum atomic E-state index is 12.5. The van der Waals surface area contributed by atoms with Crippen LogP contribution in [0.4, 0.5) is 0 Å². The molecule has 0 radical (unpaired) electrons. The van der Waals surface area contributed by atoms with Crippen LogP contribution in [-0.4, -0.2) is 35.4 Å². The number of aromatic amines is 1. The van der Waals surface area contributed by atoms with Gasteiger partial charge >= 0.3 is 0 Å². The summed E-state index contributed by atoms with van der Waals surface area (Å²) in [6.07, 6.45) is 11.1. The van der Waals surface area contributed by atoms with Crippen molar-refractivity contribution in [1.82, 2.24) is 15.2 Å². The predicted octanol–water partition coefficient (Wildman–Crippen LogP) is 3.86. The third kappa shape index (κ3) is 4.93. The smallest absolute Gasteiger partial charge is 0.251 e. The largest absolute Gasteiger partial charge is 0.405 e. The zero-order chi connectivity index (χ0) is 19.9. The van der Waals surface area contributed by atoms with Crippen molar-refractivity contribution >= 4 is 16.8 Å². The highest BCUT2D eigenvalue weighted by molar-refractivity contribution is 5.98. The predicted molar refractivity (Wildman–Crippen MR) is 116 cm³/mol. The van der Waals surface area contributed by atoms with E-state index in [1.807, 2.05) is 31.2 Å². The fourth-order valence-corrected chi connectivity index (χ4v) is 3.56. The molecule has 1 aromatic heterocycles. The van der Waals surface area contributed by atoms with E-state index in [1.165, 1.54) is 49.5 Å². The average Bonchev–Trinajstić information content (AvgIpc) is 3.12. The molecule has 1 aliphatic rings. The molecule has 5 heteroatoms. The van der Waals surface area contributed by atoms with Crippen LogP contribution in [0.25, 0.3) is 10.9 Å². The Hall–Kier alpha value is -2.79. The molecule has 4 N–H and O–H groups in total. The van der Waals surface area contributed by atoms with Crippen molar-refractivity contribution in [3.8, 4) is 0 Å². The molecule has 3 rings (SSSR count). The van der Waals surface area contributed by atoms with Gasteiger partial charge in [-0.3, -0.25) is 9.69 Å². The first kappa shape index (κ1) is 20.0. The van der Waals surface area contributed by atoms with Crippen LogP contribution in [0.5, 0.6) is 0 Å². The number of fused-ring (bicyclic) bond motifs is 1. The summed E-state index contributed by atoms with van der Waals surface area (Å²) in [6, 6.07) is 5.87. The lowest BCUT2D eigenvalue weighted by Crippen LogP contribution is -2.28. The first-order valence-electron chi connectivity index (χ1n) is 9.92. The molecule has 2 heterocycles. The number of likely N-dealkylation sites (tertiary alicyclic amines) is 1. The normalized spacial score (nSPS) is 16.0. The second-order valence-electron chi connectivity index (χ2n) is 7.43. The van der Waals surface area contributed by atoms with E-state index in [0.717, 1.165) is 23.2 Å². The first-order chi connectivity index (χ1) is 13.6. The van der Waals surface area contributed by atoms with Crippen molar-refractivity contribution in [3.63, 3.8) is 0 Å². The van der Waals surface area contributed by atoms with E-state index < -0.39 is 0 Å². The Morgan fingerprint density at radius 2 is 2.11 bits per heavy atom. The van der Waals surface area contributed by atoms with Crippen molar-refractivity contribution in [2.45, 2.75) is 32.7 Å². The minimum absolute atomic E-state index is 0.0996. The Bertz CT molecular complexity index is 900. The minimum Gasteiger partial charge on any atom is -0.405 e. The highest BCUT2D eigenvalue weighted by Crippen LogP contribution is 2.22. The maximum absolute atomic E-state index is 12.5. The molecule has 1 aliphatic heterocycles. The van der Waals surface area contributed by atoms with Crippen LogP contribution in [0.3, 0.4) is 0 Å². The lowest BCUT2D eigenvalue weighted by molar-refractivity contribution is 0.0957. The number of nitrogens with two attached hydrogens (primary N) is 1. The van der Waals surface area contributed by atoms with Crippen molar-refractivity contribution in [3.05, 3.63) is 71.6 Å². The Balaban J connectivity index is 1.63. The van der Waals surface area contributed by atoms with Gasteiger partial charge in [0, 0.05) is 35.8 Å². The molecule has 0 saturated carbocycles. The van der Waals surface area contributed by atoms with Gasteiger partial charge in [0.2, 0.25) is 0 Å². The molecule has 0 atom stereocenters. The lowest BCUT2D eigenvalue weighted by atomic mass is 10.1. The van der Waals surface area contributed by atoms with Crippen molar-refractivity contribution < 1.29 is 4.79 Å². The molecule has 28 heavy (non-hydrogen) atoms. The molecule has 1 fully saturated rings. The molecule has 2 aromatic rings. The number of hydrogen-bond acceptors (Lipinski definition) is 3. The van der Waals surface area contributed by atoms with Gasteiger partial charge in [0.25, 0.3) is 5.91 Å². The van der Waals surface area contributed by atoms with Crippen LogP contribution < -0.4 is 11.1 Å². The fourth-order valence-electron chi connectivity index (χ4n) is 3.56. The molecular weight excluding hydrogens is 348 g/mol. The first-order valence-corrected chi connectivity index (χ1v) is 9.92. The van der Waals surface area contributed by atoms with Gasteiger partial charge in [-0.25, -0.2) is 0 Å². The molecule has 0 bridgehead atoms. The number of hydrogen-bond donors (Lipinski definition) is 3. The van der Waals surface area contributed by atoms with Crippen molar-refractivity contribution in [2.24, 2.45) is 5.73 Å². The van der Waals surface area contributed by atoms with Crippen LogP contribution in [0, 0.1) is 0 Å². The number of nitrogens with zero attached hydrogens (tertiary/aromatic N) is 1. The highest BCUT2D eigenvalue weighted by atomic mass is 16.1. The summed E-state index contributed by atoms with van der Waals surface area (Å²) in [7, 11) is 0. The summed E-state index contributed by atoms with van der Waals surface area (Å²) in [5.74, 6) is -0.0996. The standard InChI is InChI=1S/C23H30N4O/c1-17(7-6-10-24)18(2)14-26-23(28)19-8-9-21-20(15-25-22(21)13-19)16-27-11-4-3-5-12-27/h6-10,13,15,25H,2-5,11-12,14,16,24H2,1H3,(H,26,28)/b10-6-,17-7-. The molecule has 1 saturated heterocycles. The number of piperidine rings is 1. The second kappa shape index (κ2) is 9.42. The number of allylic oxidation sites excluding steroid dienone is 2. The van der Waals surface area contributed by atoms with Gasteiger partial charge in [-0.1, -0.05) is 25.1 Å². The number of amides is 1.